The Bertz CT molecular complexity index is 231. The molecular formula is C10H17NSi. The van der Waals surface area contributed by atoms with Crippen molar-refractivity contribution in [2.75, 3.05) is 0 Å². The monoisotopic (exact) mass is 179 g/mol. The van der Waals surface area contributed by atoms with Crippen LogP contribution < -0.4 is 5.32 Å². The zero-order valence-electron chi connectivity index (χ0n) is 8.17. The van der Waals surface area contributed by atoms with E-state index >= 15 is 0 Å². The fraction of sp³-hybridized carbons (Fsp3) is 0.500. The van der Waals surface area contributed by atoms with Crippen molar-refractivity contribution in [1.29, 1.82) is 0 Å². The van der Waals surface area contributed by atoms with Crippen molar-refractivity contribution in [1.82, 2.24) is 4.98 Å². The van der Waals surface area contributed by atoms with Crippen LogP contribution in [0, 0.1) is 0 Å². The highest BCUT2D eigenvalue weighted by molar-refractivity contribution is 6.89. The lowest BCUT2D eigenvalue weighted by Gasteiger charge is -2.20. The molecule has 1 aromatic rings. The van der Waals surface area contributed by atoms with E-state index in [4.69, 9.17) is 0 Å². The van der Waals surface area contributed by atoms with Gasteiger partial charge < -0.3 is 0 Å². The van der Waals surface area contributed by atoms with E-state index in [1.54, 1.807) is 0 Å². The van der Waals surface area contributed by atoms with E-state index in [1.165, 1.54) is 17.8 Å². The molecule has 0 saturated carbocycles. The van der Waals surface area contributed by atoms with E-state index in [9.17, 15) is 0 Å². The topological polar surface area (TPSA) is 12.9 Å². The summed E-state index contributed by atoms with van der Waals surface area (Å²) in [5.74, 6) is 0. The first-order valence-electron chi connectivity index (χ1n) is 4.58. The minimum Gasteiger partial charge on any atom is -0.266 e. The molecule has 0 bridgehead atoms. The van der Waals surface area contributed by atoms with Crippen molar-refractivity contribution < 1.29 is 0 Å². The third-order valence-corrected chi connectivity index (χ3v) is 5.67. The third-order valence-electron chi connectivity index (χ3n) is 2.23. The minimum atomic E-state index is -1.19. The van der Waals surface area contributed by atoms with Crippen LogP contribution in [0.25, 0.3) is 0 Å². The maximum atomic E-state index is 4.43. The van der Waals surface area contributed by atoms with Crippen LogP contribution in [0.2, 0.25) is 19.1 Å². The fourth-order valence-corrected chi connectivity index (χ4v) is 3.99. The number of pyridine rings is 1. The Morgan fingerprint density at radius 3 is 2.58 bits per heavy atom. The highest BCUT2D eigenvalue weighted by atomic mass is 28.3. The van der Waals surface area contributed by atoms with E-state index in [-0.39, 0.29) is 0 Å². The molecule has 0 aliphatic rings. The molecule has 0 spiro atoms. The number of nitrogens with zero attached hydrogens (tertiary/aromatic N) is 1. The summed E-state index contributed by atoms with van der Waals surface area (Å²) in [4.78, 5) is 4.43. The minimum absolute atomic E-state index is 1.19. The van der Waals surface area contributed by atoms with Gasteiger partial charge in [0, 0.05) is 11.5 Å². The van der Waals surface area contributed by atoms with Gasteiger partial charge in [0.05, 0.1) is 0 Å². The first kappa shape index (κ1) is 9.45. The Balaban J connectivity index is 2.82. The summed E-state index contributed by atoms with van der Waals surface area (Å²) < 4.78 is 0. The SMILES string of the molecule is CCC[Si](C)(C)c1ccccn1. The average Bonchev–Trinajstić information content (AvgIpc) is 2.06. The van der Waals surface area contributed by atoms with E-state index in [1.807, 2.05) is 12.3 Å². The van der Waals surface area contributed by atoms with Gasteiger partial charge in [-0.05, 0) is 12.1 Å². The first-order chi connectivity index (χ1) is 5.67. The Labute approximate surface area is 75.9 Å². The lowest BCUT2D eigenvalue weighted by atomic mass is 10.5. The molecule has 0 unspecified atom stereocenters. The molecule has 0 aliphatic carbocycles. The van der Waals surface area contributed by atoms with E-state index in [2.05, 4.69) is 37.1 Å². The van der Waals surface area contributed by atoms with E-state index in [0.29, 0.717) is 0 Å². The van der Waals surface area contributed by atoms with Crippen LogP contribution in [0.15, 0.2) is 24.4 Å². The van der Waals surface area contributed by atoms with Gasteiger partial charge in [-0.3, -0.25) is 4.98 Å². The van der Waals surface area contributed by atoms with Crippen LogP contribution in [0.3, 0.4) is 0 Å². The van der Waals surface area contributed by atoms with E-state index in [0.717, 1.165) is 0 Å². The van der Waals surface area contributed by atoms with Crippen molar-refractivity contribution in [2.24, 2.45) is 0 Å². The zero-order chi connectivity index (χ0) is 9.03. The van der Waals surface area contributed by atoms with Gasteiger partial charge >= 0.3 is 0 Å². The van der Waals surface area contributed by atoms with Crippen LogP contribution in [0.1, 0.15) is 13.3 Å². The average molecular weight is 179 g/mol. The summed E-state index contributed by atoms with van der Waals surface area (Å²) in [6.07, 6.45) is 3.18. The second-order valence-electron chi connectivity index (χ2n) is 3.85. The quantitative estimate of drug-likeness (QED) is 0.649. The second kappa shape index (κ2) is 3.85. The summed E-state index contributed by atoms with van der Waals surface area (Å²) in [6, 6.07) is 7.58. The number of rotatable bonds is 3. The van der Waals surface area contributed by atoms with Crippen molar-refractivity contribution >= 4 is 13.4 Å². The van der Waals surface area contributed by atoms with Gasteiger partial charge in [0.1, 0.15) is 8.07 Å². The summed E-state index contributed by atoms with van der Waals surface area (Å²) in [5.41, 5.74) is 0. The number of aromatic nitrogens is 1. The zero-order valence-corrected chi connectivity index (χ0v) is 9.17. The van der Waals surface area contributed by atoms with Crippen LogP contribution >= 0.6 is 0 Å². The van der Waals surface area contributed by atoms with Gasteiger partial charge in [-0.1, -0.05) is 38.5 Å². The molecular weight excluding hydrogens is 162 g/mol. The standard InChI is InChI=1S/C10H17NSi/c1-4-9-12(2,3)10-7-5-6-8-11-10/h5-8H,4,9H2,1-3H3. The largest absolute Gasteiger partial charge is 0.266 e. The molecule has 0 aromatic carbocycles. The predicted molar refractivity (Wildman–Crippen MR) is 56.5 cm³/mol. The molecule has 0 fully saturated rings. The van der Waals surface area contributed by atoms with Gasteiger partial charge in [-0.15, -0.1) is 0 Å². The van der Waals surface area contributed by atoms with Crippen molar-refractivity contribution in [2.45, 2.75) is 32.5 Å². The Kier molecular flexibility index (Phi) is 3.03. The molecule has 12 heavy (non-hydrogen) atoms. The van der Waals surface area contributed by atoms with Crippen molar-refractivity contribution in [3.63, 3.8) is 0 Å². The third kappa shape index (κ3) is 2.17. The summed E-state index contributed by atoms with van der Waals surface area (Å²) in [6.45, 7) is 7.02. The molecule has 0 atom stereocenters. The summed E-state index contributed by atoms with van der Waals surface area (Å²) in [7, 11) is -1.19. The molecule has 1 nitrogen and oxygen atoms in total. The Hall–Kier alpha value is -0.633. The maximum Gasteiger partial charge on any atom is 0.104 e. The summed E-state index contributed by atoms with van der Waals surface area (Å²) >= 11 is 0. The lowest BCUT2D eigenvalue weighted by molar-refractivity contribution is 1.05. The fourth-order valence-electron chi connectivity index (χ4n) is 1.52. The molecule has 2 heteroatoms. The molecule has 1 rings (SSSR count). The van der Waals surface area contributed by atoms with Gasteiger partial charge in [0.2, 0.25) is 0 Å². The molecule has 1 heterocycles. The number of hydrogen-bond donors (Lipinski definition) is 0. The maximum absolute atomic E-state index is 4.43. The lowest BCUT2D eigenvalue weighted by Crippen LogP contribution is -2.42. The van der Waals surface area contributed by atoms with Gasteiger partial charge in [0.15, 0.2) is 0 Å². The van der Waals surface area contributed by atoms with Crippen molar-refractivity contribution in [3.05, 3.63) is 24.4 Å². The highest BCUT2D eigenvalue weighted by Gasteiger charge is 2.22. The van der Waals surface area contributed by atoms with Crippen LogP contribution in [0.4, 0.5) is 0 Å². The molecule has 0 radical (unpaired) electrons. The predicted octanol–water partition coefficient (Wildman–Crippen LogP) is 2.41. The smallest absolute Gasteiger partial charge is 0.104 e. The molecule has 0 N–H and O–H groups in total. The summed E-state index contributed by atoms with van der Waals surface area (Å²) in [5, 5.41) is 1.34. The molecule has 0 saturated heterocycles. The van der Waals surface area contributed by atoms with Crippen LogP contribution in [-0.2, 0) is 0 Å². The number of hydrogen-bond acceptors (Lipinski definition) is 1. The Morgan fingerprint density at radius 2 is 2.08 bits per heavy atom. The highest BCUT2D eigenvalue weighted by Crippen LogP contribution is 2.10. The van der Waals surface area contributed by atoms with Crippen LogP contribution in [0.5, 0.6) is 0 Å². The van der Waals surface area contributed by atoms with Gasteiger partial charge in [0.25, 0.3) is 0 Å². The van der Waals surface area contributed by atoms with Crippen molar-refractivity contribution in [3.8, 4) is 0 Å². The molecule has 0 amide bonds. The second-order valence-corrected chi connectivity index (χ2v) is 8.63. The molecule has 66 valence electrons. The van der Waals surface area contributed by atoms with Gasteiger partial charge in [-0.2, -0.15) is 0 Å². The van der Waals surface area contributed by atoms with E-state index < -0.39 is 8.07 Å². The van der Waals surface area contributed by atoms with Crippen LogP contribution in [-0.4, -0.2) is 13.1 Å². The normalized spacial score (nSPS) is 11.6. The molecule has 0 aliphatic heterocycles. The first-order valence-corrected chi connectivity index (χ1v) is 7.79. The molecule has 1 aromatic heterocycles. The van der Waals surface area contributed by atoms with Gasteiger partial charge in [-0.25, -0.2) is 0 Å². The Morgan fingerprint density at radius 1 is 1.33 bits per heavy atom.